The molecule has 2 aliphatic heterocycles. The molecule has 2 saturated heterocycles. The van der Waals surface area contributed by atoms with Crippen LogP contribution in [0.5, 0.6) is 5.75 Å². The van der Waals surface area contributed by atoms with E-state index in [2.05, 4.69) is 28.7 Å². The fourth-order valence-corrected chi connectivity index (χ4v) is 4.26. The zero-order valence-corrected chi connectivity index (χ0v) is 16.2. The summed E-state index contributed by atoms with van der Waals surface area (Å²) in [5.41, 5.74) is 0.332. The van der Waals surface area contributed by atoms with Crippen LogP contribution in [0.15, 0.2) is 12.1 Å². The molecule has 3 rings (SSSR count). The van der Waals surface area contributed by atoms with Gasteiger partial charge in [0.15, 0.2) is 11.6 Å². The molecule has 0 aromatic heterocycles. The summed E-state index contributed by atoms with van der Waals surface area (Å²) in [6.45, 7) is 9.16. The van der Waals surface area contributed by atoms with Crippen LogP contribution in [0.3, 0.4) is 0 Å². The van der Waals surface area contributed by atoms with Crippen LogP contribution in [-0.4, -0.2) is 74.2 Å². The van der Waals surface area contributed by atoms with Gasteiger partial charge in [-0.1, -0.05) is 0 Å². The first kappa shape index (κ1) is 19.5. The van der Waals surface area contributed by atoms with Crippen LogP contribution in [0, 0.1) is 17.6 Å². The molecule has 0 spiro atoms. The zero-order valence-electron chi connectivity index (χ0n) is 16.2. The van der Waals surface area contributed by atoms with Crippen molar-refractivity contribution in [1.29, 1.82) is 0 Å². The van der Waals surface area contributed by atoms with Gasteiger partial charge in [0.25, 0.3) is 0 Å². The summed E-state index contributed by atoms with van der Waals surface area (Å²) in [5, 5.41) is 0. The number of methoxy groups -OCH3 is 1. The van der Waals surface area contributed by atoms with Crippen LogP contribution in [0.1, 0.15) is 25.3 Å². The minimum absolute atomic E-state index is 0.332. The molecule has 0 N–H and O–H groups in total. The quantitative estimate of drug-likeness (QED) is 0.797. The summed E-state index contributed by atoms with van der Waals surface area (Å²) in [6, 6.07) is 3.23. The molecule has 146 valence electrons. The largest absolute Gasteiger partial charge is 0.496 e. The molecule has 0 amide bonds. The molecule has 0 aliphatic carbocycles. The first-order valence-electron chi connectivity index (χ1n) is 9.65. The normalized spacial score (nSPS) is 22.5. The van der Waals surface area contributed by atoms with Crippen molar-refractivity contribution in [3.05, 3.63) is 29.3 Å². The molecule has 6 heteroatoms. The number of piperidine rings is 1. The second-order valence-electron chi connectivity index (χ2n) is 7.74. The number of rotatable bonds is 5. The number of likely N-dealkylation sites (N-methyl/N-ethyl adjacent to an activating group) is 1. The summed E-state index contributed by atoms with van der Waals surface area (Å²) in [5.74, 6) is -0.484. The molecule has 2 aliphatic rings. The van der Waals surface area contributed by atoms with E-state index in [0.29, 0.717) is 29.8 Å². The van der Waals surface area contributed by atoms with E-state index in [-0.39, 0.29) is 0 Å². The molecule has 1 atom stereocenters. The fraction of sp³-hybridized carbons (Fsp3) is 0.700. The third kappa shape index (κ3) is 4.35. The van der Waals surface area contributed by atoms with E-state index in [1.807, 2.05) is 0 Å². The first-order chi connectivity index (χ1) is 12.5. The Hall–Kier alpha value is -1.24. The van der Waals surface area contributed by atoms with Crippen molar-refractivity contribution in [2.24, 2.45) is 5.92 Å². The molecule has 26 heavy (non-hydrogen) atoms. The van der Waals surface area contributed by atoms with Gasteiger partial charge in [0.05, 0.1) is 7.11 Å². The number of halogens is 2. The third-order valence-electron chi connectivity index (χ3n) is 6.18. The van der Waals surface area contributed by atoms with Crippen molar-refractivity contribution in [2.45, 2.75) is 32.4 Å². The number of ether oxygens (including phenoxy) is 1. The molecular weight excluding hydrogens is 336 g/mol. The number of hydrogen-bond acceptors (Lipinski definition) is 4. The molecule has 0 radical (unpaired) electrons. The van der Waals surface area contributed by atoms with Crippen molar-refractivity contribution in [3.8, 4) is 5.75 Å². The predicted octanol–water partition coefficient (Wildman–Crippen LogP) is 2.82. The van der Waals surface area contributed by atoms with E-state index in [1.165, 1.54) is 13.2 Å². The van der Waals surface area contributed by atoms with Gasteiger partial charge in [0, 0.05) is 44.3 Å². The Bertz CT molecular complexity index is 597. The maximum atomic E-state index is 14.2. The maximum Gasteiger partial charge on any atom is 0.167 e. The monoisotopic (exact) mass is 367 g/mol. The van der Waals surface area contributed by atoms with Gasteiger partial charge in [-0.2, -0.15) is 0 Å². The molecule has 2 fully saturated rings. The second kappa shape index (κ2) is 8.63. The number of hydrogen-bond donors (Lipinski definition) is 0. The zero-order chi connectivity index (χ0) is 18.7. The van der Waals surface area contributed by atoms with Crippen LogP contribution in [0.2, 0.25) is 0 Å². The Morgan fingerprint density at radius 3 is 2.35 bits per heavy atom. The van der Waals surface area contributed by atoms with Crippen molar-refractivity contribution in [1.82, 2.24) is 14.7 Å². The predicted molar refractivity (Wildman–Crippen MR) is 99.4 cm³/mol. The Kier molecular flexibility index (Phi) is 6.48. The SMILES string of the molecule is COc1ccc(F)c(F)c1CN1CCC([C@H](C)N2CCN(C)CC2)CC1. The van der Waals surface area contributed by atoms with Crippen molar-refractivity contribution < 1.29 is 13.5 Å². The molecule has 0 unspecified atom stereocenters. The number of benzene rings is 1. The van der Waals surface area contributed by atoms with E-state index < -0.39 is 11.6 Å². The standard InChI is InChI=1S/C20H31F2N3O/c1-15(25-12-10-23(2)11-13-25)16-6-8-24(9-7-16)14-17-19(26-3)5-4-18(21)20(17)22/h4-5,15-16H,6-14H2,1-3H3/t15-/m0/s1. The summed E-state index contributed by atoms with van der Waals surface area (Å²) >= 11 is 0. The molecule has 1 aromatic rings. The van der Waals surface area contributed by atoms with E-state index >= 15 is 0 Å². The highest BCUT2D eigenvalue weighted by molar-refractivity contribution is 5.35. The second-order valence-corrected chi connectivity index (χ2v) is 7.74. The molecule has 0 bridgehead atoms. The van der Waals surface area contributed by atoms with Gasteiger partial charge in [-0.05, 0) is 58.0 Å². The Balaban J connectivity index is 1.55. The van der Waals surface area contributed by atoms with Crippen molar-refractivity contribution in [2.75, 3.05) is 53.4 Å². The molecule has 0 saturated carbocycles. The minimum atomic E-state index is -0.806. The van der Waals surface area contributed by atoms with E-state index in [9.17, 15) is 8.78 Å². The lowest BCUT2D eigenvalue weighted by Gasteiger charge is -2.42. The highest BCUT2D eigenvalue weighted by atomic mass is 19.2. The lowest BCUT2D eigenvalue weighted by molar-refractivity contribution is 0.0594. The summed E-state index contributed by atoms with van der Waals surface area (Å²) in [6.07, 6.45) is 2.21. The van der Waals surface area contributed by atoms with E-state index in [4.69, 9.17) is 4.74 Å². The van der Waals surface area contributed by atoms with Crippen LogP contribution < -0.4 is 4.74 Å². The van der Waals surface area contributed by atoms with Gasteiger partial charge >= 0.3 is 0 Å². The highest BCUT2D eigenvalue weighted by Crippen LogP contribution is 2.29. The topological polar surface area (TPSA) is 19.0 Å². The van der Waals surface area contributed by atoms with Crippen molar-refractivity contribution in [3.63, 3.8) is 0 Å². The number of piperazine rings is 1. The van der Waals surface area contributed by atoms with Crippen LogP contribution in [0.25, 0.3) is 0 Å². The summed E-state index contributed by atoms with van der Waals surface area (Å²) in [7, 11) is 3.68. The summed E-state index contributed by atoms with van der Waals surface area (Å²) < 4.78 is 33.0. The average molecular weight is 367 g/mol. The molecular formula is C20H31F2N3O. The smallest absolute Gasteiger partial charge is 0.167 e. The average Bonchev–Trinajstić information content (AvgIpc) is 2.66. The van der Waals surface area contributed by atoms with Gasteiger partial charge in [-0.3, -0.25) is 9.80 Å². The molecule has 1 aromatic carbocycles. The van der Waals surface area contributed by atoms with Crippen LogP contribution >= 0.6 is 0 Å². The number of likely N-dealkylation sites (tertiary alicyclic amines) is 1. The maximum absolute atomic E-state index is 14.2. The summed E-state index contributed by atoms with van der Waals surface area (Å²) in [4.78, 5) is 7.20. The Morgan fingerprint density at radius 2 is 1.73 bits per heavy atom. The van der Waals surface area contributed by atoms with E-state index in [1.54, 1.807) is 0 Å². The van der Waals surface area contributed by atoms with Gasteiger partial charge in [0.1, 0.15) is 5.75 Å². The Morgan fingerprint density at radius 1 is 1.08 bits per heavy atom. The van der Waals surface area contributed by atoms with Gasteiger partial charge < -0.3 is 9.64 Å². The van der Waals surface area contributed by atoms with Crippen LogP contribution in [-0.2, 0) is 6.54 Å². The minimum Gasteiger partial charge on any atom is -0.496 e. The van der Waals surface area contributed by atoms with E-state index in [0.717, 1.165) is 58.2 Å². The first-order valence-corrected chi connectivity index (χ1v) is 9.65. The lowest BCUT2D eigenvalue weighted by atomic mass is 9.89. The highest BCUT2D eigenvalue weighted by Gasteiger charge is 2.29. The lowest BCUT2D eigenvalue weighted by Crippen LogP contribution is -2.51. The van der Waals surface area contributed by atoms with Crippen molar-refractivity contribution >= 4 is 0 Å². The molecule has 2 heterocycles. The number of nitrogens with zero attached hydrogens (tertiary/aromatic N) is 3. The molecule has 4 nitrogen and oxygen atoms in total. The third-order valence-corrected chi connectivity index (χ3v) is 6.18. The van der Waals surface area contributed by atoms with Gasteiger partial charge in [-0.25, -0.2) is 8.78 Å². The van der Waals surface area contributed by atoms with Gasteiger partial charge in [-0.15, -0.1) is 0 Å². The Labute approximate surface area is 155 Å². The van der Waals surface area contributed by atoms with Gasteiger partial charge in [0.2, 0.25) is 0 Å². The van der Waals surface area contributed by atoms with Crippen LogP contribution in [0.4, 0.5) is 8.78 Å². The fourth-order valence-electron chi connectivity index (χ4n) is 4.26.